The lowest BCUT2D eigenvalue weighted by molar-refractivity contribution is 0.112. The molecule has 1 aromatic rings. The van der Waals surface area contributed by atoms with Gasteiger partial charge in [-0.25, -0.2) is 0 Å². The molecule has 0 saturated carbocycles. The molecule has 4 nitrogen and oxygen atoms in total. The van der Waals surface area contributed by atoms with E-state index in [0.717, 1.165) is 19.4 Å². The number of hydrogen-bond acceptors (Lipinski definition) is 3. The molecule has 1 aliphatic heterocycles. The third-order valence-corrected chi connectivity index (χ3v) is 5.04. The van der Waals surface area contributed by atoms with Crippen LogP contribution in [0.1, 0.15) is 64.6 Å². The van der Waals surface area contributed by atoms with Gasteiger partial charge in [0.15, 0.2) is 0 Å². The molecule has 21 heavy (non-hydrogen) atoms. The second-order valence-corrected chi connectivity index (χ2v) is 6.37. The summed E-state index contributed by atoms with van der Waals surface area (Å²) in [5, 5.41) is 8.25. The zero-order valence-electron chi connectivity index (χ0n) is 14.2. The summed E-state index contributed by atoms with van der Waals surface area (Å²) in [6.07, 6.45) is 8.44. The lowest BCUT2D eigenvalue weighted by atomic mass is 9.96. The highest BCUT2D eigenvalue weighted by Gasteiger charge is 2.27. The number of piperidine rings is 1. The number of likely N-dealkylation sites (tertiary alicyclic amines) is 1. The van der Waals surface area contributed by atoms with Crippen molar-refractivity contribution in [3.63, 3.8) is 0 Å². The van der Waals surface area contributed by atoms with Crippen molar-refractivity contribution >= 4 is 0 Å². The van der Waals surface area contributed by atoms with E-state index in [2.05, 4.69) is 55.0 Å². The standard InChI is InChI=1S/C17H32N4/c1-5-16(6-2)21-12-10-15(19-21)13-20-11-8-7-9-17(20)14(3)18-4/h10,12,14,16-18H,5-9,11,13H2,1-4H3. The molecular formula is C17H32N4. The maximum absolute atomic E-state index is 4.82. The Labute approximate surface area is 129 Å². The van der Waals surface area contributed by atoms with E-state index < -0.39 is 0 Å². The zero-order chi connectivity index (χ0) is 15.2. The summed E-state index contributed by atoms with van der Waals surface area (Å²) in [4.78, 5) is 2.62. The molecular weight excluding hydrogens is 260 g/mol. The van der Waals surface area contributed by atoms with E-state index in [0.29, 0.717) is 18.1 Å². The molecule has 0 amide bonds. The first kappa shape index (κ1) is 16.5. The number of likely N-dealkylation sites (N-methyl/N-ethyl adjacent to an activating group) is 1. The monoisotopic (exact) mass is 292 g/mol. The van der Waals surface area contributed by atoms with Crippen LogP contribution in [0.15, 0.2) is 12.3 Å². The van der Waals surface area contributed by atoms with Gasteiger partial charge in [0.05, 0.1) is 11.7 Å². The van der Waals surface area contributed by atoms with Crippen LogP contribution in [0.25, 0.3) is 0 Å². The summed E-state index contributed by atoms with van der Waals surface area (Å²) in [6, 6.07) is 3.94. The summed E-state index contributed by atoms with van der Waals surface area (Å²) >= 11 is 0. The van der Waals surface area contributed by atoms with E-state index in [1.165, 1.54) is 31.5 Å². The highest BCUT2D eigenvalue weighted by atomic mass is 15.3. The summed E-state index contributed by atoms with van der Waals surface area (Å²) in [6.45, 7) is 8.97. The number of rotatable bonds is 7. The minimum Gasteiger partial charge on any atom is -0.316 e. The average Bonchev–Trinajstić information content (AvgIpc) is 2.97. The van der Waals surface area contributed by atoms with Crippen molar-refractivity contribution in [3.05, 3.63) is 18.0 Å². The predicted molar refractivity (Wildman–Crippen MR) is 88.4 cm³/mol. The molecule has 2 rings (SSSR count). The van der Waals surface area contributed by atoms with Crippen molar-refractivity contribution < 1.29 is 0 Å². The maximum Gasteiger partial charge on any atom is 0.0765 e. The van der Waals surface area contributed by atoms with Gasteiger partial charge >= 0.3 is 0 Å². The molecule has 1 N–H and O–H groups in total. The van der Waals surface area contributed by atoms with Crippen LogP contribution in [0.2, 0.25) is 0 Å². The molecule has 2 heterocycles. The molecule has 2 unspecified atom stereocenters. The van der Waals surface area contributed by atoms with Crippen molar-refractivity contribution in [2.45, 2.75) is 77.5 Å². The normalized spacial score (nSPS) is 21.9. The minimum atomic E-state index is 0.548. The Balaban J connectivity index is 2.02. The Morgan fingerprint density at radius 3 is 2.76 bits per heavy atom. The lowest BCUT2D eigenvalue weighted by Gasteiger charge is -2.38. The molecule has 1 fully saturated rings. The number of nitrogens with zero attached hydrogens (tertiary/aromatic N) is 3. The van der Waals surface area contributed by atoms with E-state index in [9.17, 15) is 0 Å². The Morgan fingerprint density at radius 1 is 1.33 bits per heavy atom. The Hall–Kier alpha value is -0.870. The zero-order valence-corrected chi connectivity index (χ0v) is 14.2. The molecule has 1 aliphatic rings. The Morgan fingerprint density at radius 2 is 2.10 bits per heavy atom. The summed E-state index contributed by atoms with van der Waals surface area (Å²) in [7, 11) is 2.07. The van der Waals surface area contributed by atoms with Crippen LogP contribution in [-0.2, 0) is 6.54 Å². The quantitative estimate of drug-likeness (QED) is 0.838. The van der Waals surface area contributed by atoms with Crippen LogP contribution in [0.3, 0.4) is 0 Å². The molecule has 1 saturated heterocycles. The van der Waals surface area contributed by atoms with Crippen LogP contribution >= 0.6 is 0 Å². The summed E-state index contributed by atoms with van der Waals surface area (Å²) < 4.78 is 2.16. The third kappa shape index (κ3) is 4.07. The van der Waals surface area contributed by atoms with Gasteiger partial charge in [-0.15, -0.1) is 0 Å². The molecule has 0 radical (unpaired) electrons. The number of hydrogen-bond donors (Lipinski definition) is 1. The van der Waals surface area contributed by atoms with Crippen molar-refractivity contribution in [1.82, 2.24) is 20.0 Å². The van der Waals surface area contributed by atoms with Crippen LogP contribution in [0, 0.1) is 0 Å². The van der Waals surface area contributed by atoms with E-state index in [-0.39, 0.29) is 0 Å². The van der Waals surface area contributed by atoms with Gasteiger partial charge in [-0.2, -0.15) is 5.10 Å². The van der Waals surface area contributed by atoms with E-state index in [1.807, 2.05) is 0 Å². The van der Waals surface area contributed by atoms with Crippen molar-refractivity contribution in [3.8, 4) is 0 Å². The fraction of sp³-hybridized carbons (Fsp3) is 0.824. The number of nitrogens with one attached hydrogen (secondary N) is 1. The highest BCUT2D eigenvalue weighted by molar-refractivity contribution is 5.01. The molecule has 0 aliphatic carbocycles. The third-order valence-electron chi connectivity index (χ3n) is 5.04. The van der Waals surface area contributed by atoms with Gasteiger partial charge in [0.2, 0.25) is 0 Å². The Kier molecular flexibility index (Phi) is 6.24. The maximum atomic E-state index is 4.82. The van der Waals surface area contributed by atoms with Gasteiger partial charge in [0.1, 0.15) is 0 Å². The first-order chi connectivity index (χ1) is 10.2. The van der Waals surface area contributed by atoms with Gasteiger partial charge < -0.3 is 5.32 Å². The second-order valence-electron chi connectivity index (χ2n) is 6.37. The fourth-order valence-electron chi connectivity index (χ4n) is 3.51. The van der Waals surface area contributed by atoms with Gasteiger partial charge in [-0.1, -0.05) is 20.3 Å². The van der Waals surface area contributed by atoms with E-state index >= 15 is 0 Å². The first-order valence-corrected chi connectivity index (χ1v) is 8.64. The van der Waals surface area contributed by atoms with Crippen LogP contribution in [0.5, 0.6) is 0 Å². The molecule has 4 heteroatoms. The molecule has 0 bridgehead atoms. The fourth-order valence-corrected chi connectivity index (χ4v) is 3.51. The number of aromatic nitrogens is 2. The van der Waals surface area contributed by atoms with Crippen molar-refractivity contribution in [2.24, 2.45) is 0 Å². The van der Waals surface area contributed by atoms with Crippen LogP contribution in [-0.4, -0.2) is 40.4 Å². The minimum absolute atomic E-state index is 0.548. The second kappa shape index (κ2) is 7.95. The van der Waals surface area contributed by atoms with E-state index in [4.69, 9.17) is 5.10 Å². The molecule has 1 aromatic heterocycles. The van der Waals surface area contributed by atoms with Crippen molar-refractivity contribution in [2.75, 3.05) is 13.6 Å². The summed E-state index contributed by atoms with van der Waals surface area (Å²) in [5.41, 5.74) is 1.22. The van der Waals surface area contributed by atoms with Gasteiger partial charge in [-0.3, -0.25) is 9.58 Å². The van der Waals surface area contributed by atoms with Gasteiger partial charge in [0, 0.05) is 24.8 Å². The van der Waals surface area contributed by atoms with Crippen LogP contribution in [0.4, 0.5) is 0 Å². The largest absolute Gasteiger partial charge is 0.316 e. The Bertz CT molecular complexity index is 411. The lowest BCUT2D eigenvalue weighted by Crippen LogP contribution is -2.49. The van der Waals surface area contributed by atoms with Gasteiger partial charge in [-0.05, 0) is 52.3 Å². The van der Waals surface area contributed by atoms with Crippen molar-refractivity contribution in [1.29, 1.82) is 0 Å². The molecule has 0 aromatic carbocycles. The molecule has 0 spiro atoms. The topological polar surface area (TPSA) is 33.1 Å². The molecule has 2 atom stereocenters. The molecule has 120 valence electrons. The summed E-state index contributed by atoms with van der Waals surface area (Å²) in [5.74, 6) is 0. The average molecular weight is 292 g/mol. The highest BCUT2D eigenvalue weighted by Crippen LogP contribution is 2.22. The van der Waals surface area contributed by atoms with Gasteiger partial charge in [0.25, 0.3) is 0 Å². The predicted octanol–water partition coefficient (Wildman–Crippen LogP) is 3.21. The smallest absolute Gasteiger partial charge is 0.0765 e. The first-order valence-electron chi connectivity index (χ1n) is 8.64. The SMILES string of the molecule is CCC(CC)n1ccc(CN2CCCCC2C(C)NC)n1. The van der Waals surface area contributed by atoms with Crippen LogP contribution < -0.4 is 5.32 Å². The van der Waals surface area contributed by atoms with E-state index in [1.54, 1.807) is 0 Å².